The molecule has 1 unspecified atom stereocenters. The minimum absolute atomic E-state index is 0.0420. The van der Waals surface area contributed by atoms with Crippen molar-refractivity contribution in [2.45, 2.75) is 6.04 Å². The molecule has 3 rings (SSSR count). The molecule has 1 aromatic heterocycles. The number of aromatic nitrogens is 4. The summed E-state index contributed by atoms with van der Waals surface area (Å²) in [7, 11) is 0. The number of tetrazole rings is 1. The van der Waals surface area contributed by atoms with Crippen LogP contribution >= 0.6 is 0 Å². The van der Waals surface area contributed by atoms with Crippen LogP contribution in [0.2, 0.25) is 0 Å². The van der Waals surface area contributed by atoms with Gasteiger partial charge in [0.1, 0.15) is 0 Å². The van der Waals surface area contributed by atoms with E-state index in [0.717, 1.165) is 11.3 Å². The zero-order chi connectivity index (χ0) is 14.5. The Morgan fingerprint density at radius 1 is 1.00 bits per heavy atom. The van der Waals surface area contributed by atoms with Gasteiger partial charge in [-0.3, -0.25) is 0 Å². The van der Waals surface area contributed by atoms with Crippen molar-refractivity contribution in [1.82, 2.24) is 20.2 Å². The highest BCUT2D eigenvalue weighted by Crippen LogP contribution is 2.18. The van der Waals surface area contributed by atoms with Crippen molar-refractivity contribution in [3.05, 3.63) is 66.2 Å². The van der Waals surface area contributed by atoms with E-state index in [1.54, 1.807) is 4.68 Å². The highest BCUT2D eigenvalue weighted by molar-refractivity contribution is 5.40. The lowest BCUT2D eigenvalue weighted by Gasteiger charge is -2.17. The lowest BCUT2D eigenvalue weighted by atomic mass is 10.1. The summed E-state index contributed by atoms with van der Waals surface area (Å²) in [5.41, 5.74) is 7.87. The molecule has 0 bridgehead atoms. The Labute approximate surface area is 122 Å². The largest absolute Gasteiger partial charge is 0.345 e. The molecular weight excluding hydrogens is 264 g/mol. The molecule has 21 heavy (non-hydrogen) atoms. The van der Waals surface area contributed by atoms with Crippen LogP contribution in [0.25, 0.3) is 5.69 Å². The van der Waals surface area contributed by atoms with Crippen molar-refractivity contribution in [3.63, 3.8) is 0 Å². The Bertz CT molecular complexity index is 680. The van der Waals surface area contributed by atoms with Crippen molar-refractivity contribution < 1.29 is 0 Å². The summed E-state index contributed by atoms with van der Waals surface area (Å²) in [4.78, 5) is 0. The van der Waals surface area contributed by atoms with E-state index < -0.39 is 0 Å². The Hall–Kier alpha value is -2.73. The number of nitrogens with two attached hydrogens (primary N) is 1. The number of para-hydroxylation sites is 1. The van der Waals surface area contributed by atoms with Crippen molar-refractivity contribution in [3.8, 4) is 5.69 Å². The fourth-order valence-electron chi connectivity index (χ4n) is 2.14. The third kappa shape index (κ3) is 2.90. The predicted octanol–water partition coefficient (Wildman–Crippen LogP) is 1.77. The molecule has 6 nitrogen and oxygen atoms in total. The minimum atomic E-state index is -0.0420. The molecule has 0 aliphatic carbocycles. The topological polar surface area (TPSA) is 81.7 Å². The third-order valence-corrected chi connectivity index (χ3v) is 3.21. The number of rotatable bonds is 5. The number of nitrogens with zero attached hydrogens (tertiary/aromatic N) is 4. The van der Waals surface area contributed by atoms with E-state index in [0.29, 0.717) is 12.5 Å². The lowest BCUT2D eigenvalue weighted by Crippen LogP contribution is -2.22. The molecule has 3 N–H and O–H groups in total. The quantitative estimate of drug-likeness (QED) is 0.744. The van der Waals surface area contributed by atoms with Crippen LogP contribution in [-0.2, 0) is 0 Å². The predicted molar refractivity (Wildman–Crippen MR) is 81.0 cm³/mol. The van der Waals surface area contributed by atoms with Gasteiger partial charge in [-0.1, -0.05) is 53.6 Å². The van der Waals surface area contributed by atoms with Gasteiger partial charge in [-0.2, -0.15) is 4.68 Å². The van der Waals surface area contributed by atoms with Gasteiger partial charge in [-0.15, -0.1) is 0 Å². The van der Waals surface area contributed by atoms with Gasteiger partial charge in [0.25, 0.3) is 0 Å². The molecule has 0 fully saturated rings. The van der Waals surface area contributed by atoms with Crippen LogP contribution in [-0.4, -0.2) is 26.8 Å². The van der Waals surface area contributed by atoms with Gasteiger partial charge in [-0.25, -0.2) is 0 Å². The van der Waals surface area contributed by atoms with E-state index >= 15 is 0 Å². The Morgan fingerprint density at radius 3 is 2.33 bits per heavy atom. The summed E-state index contributed by atoms with van der Waals surface area (Å²) in [5, 5.41) is 15.1. The molecule has 0 amide bonds. The molecule has 106 valence electrons. The van der Waals surface area contributed by atoms with Gasteiger partial charge in [0.05, 0.1) is 11.7 Å². The van der Waals surface area contributed by atoms with Crippen LogP contribution in [0.5, 0.6) is 0 Å². The minimum Gasteiger partial charge on any atom is -0.345 e. The molecule has 1 heterocycles. The van der Waals surface area contributed by atoms with E-state index in [9.17, 15) is 0 Å². The van der Waals surface area contributed by atoms with Gasteiger partial charge in [0.2, 0.25) is 5.95 Å². The SMILES string of the molecule is NCC(Nc1nnnn1-c1ccccc1)c1ccccc1. The van der Waals surface area contributed by atoms with Crippen molar-refractivity contribution in [1.29, 1.82) is 0 Å². The first-order chi connectivity index (χ1) is 10.4. The number of benzene rings is 2. The number of anilines is 1. The first-order valence-corrected chi connectivity index (χ1v) is 6.74. The maximum Gasteiger partial charge on any atom is 0.248 e. The zero-order valence-electron chi connectivity index (χ0n) is 11.4. The molecule has 0 radical (unpaired) electrons. The maximum absolute atomic E-state index is 5.87. The Balaban J connectivity index is 1.87. The maximum atomic E-state index is 5.87. The van der Waals surface area contributed by atoms with Crippen LogP contribution in [0.15, 0.2) is 60.7 Å². The molecule has 0 spiro atoms. The van der Waals surface area contributed by atoms with Crippen LogP contribution in [0.3, 0.4) is 0 Å². The van der Waals surface area contributed by atoms with Crippen LogP contribution in [0.1, 0.15) is 11.6 Å². The molecule has 0 aliphatic rings. The molecule has 6 heteroatoms. The number of hydrogen-bond acceptors (Lipinski definition) is 5. The Morgan fingerprint density at radius 2 is 1.67 bits per heavy atom. The molecule has 1 atom stereocenters. The molecule has 0 saturated heterocycles. The van der Waals surface area contributed by atoms with Crippen molar-refractivity contribution >= 4 is 5.95 Å². The molecule has 0 saturated carbocycles. The first kappa shape index (κ1) is 13.3. The first-order valence-electron chi connectivity index (χ1n) is 6.74. The van der Waals surface area contributed by atoms with E-state index in [1.165, 1.54) is 0 Å². The van der Waals surface area contributed by atoms with Crippen LogP contribution in [0, 0.1) is 0 Å². The summed E-state index contributed by atoms with van der Waals surface area (Å²) < 4.78 is 1.66. The average molecular weight is 280 g/mol. The van der Waals surface area contributed by atoms with Crippen molar-refractivity contribution in [2.24, 2.45) is 5.73 Å². The highest BCUT2D eigenvalue weighted by atomic mass is 15.6. The van der Waals surface area contributed by atoms with Gasteiger partial charge >= 0.3 is 0 Å². The highest BCUT2D eigenvalue weighted by Gasteiger charge is 2.14. The molecule has 3 aromatic rings. The normalized spacial score (nSPS) is 12.0. The van der Waals surface area contributed by atoms with E-state index in [4.69, 9.17) is 5.73 Å². The molecule has 2 aromatic carbocycles. The van der Waals surface area contributed by atoms with Gasteiger partial charge in [-0.05, 0) is 28.1 Å². The zero-order valence-corrected chi connectivity index (χ0v) is 11.4. The summed E-state index contributed by atoms with van der Waals surface area (Å²) in [6.45, 7) is 0.450. The fraction of sp³-hybridized carbons (Fsp3) is 0.133. The summed E-state index contributed by atoms with van der Waals surface area (Å²) in [6.07, 6.45) is 0. The summed E-state index contributed by atoms with van der Waals surface area (Å²) >= 11 is 0. The average Bonchev–Trinajstić information content (AvgIpc) is 3.02. The third-order valence-electron chi connectivity index (χ3n) is 3.21. The van der Waals surface area contributed by atoms with Gasteiger partial charge in [0, 0.05) is 6.54 Å². The second-order valence-corrected chi connectivity index (χ2v) is 4.59. The second-order valence-electron chi connectivity index (χ2n) is 4.59. The van der Waals surface area contributed by atoms with E-state index in [2.05, 4.69) is 20.8 Å². The molecular formula is C15H16N6. The fourth-order valence-corrected chi connectivity index (χ4v) is 2.14. The van der Waals surface area contributed by atoms with Gasteiger partial charge < -0.3 is 11.1 Å². The standard InChI is InChI=1S/C15H16N6/c16-11-14(12-7-3-1-4-8-12)17-15-18-19-20-21(15)13-9-5-2-6-10-13/h1-10,14H,11,16H2,(H,17,18,20). The Kier molecular flexibility index (Phi) is 3.88. The van der Waals surface area contributed by atoms with E-state index in [-0.39, 0.29) is 6.04 Å². The van der Waals surface area contributed by atoms with Gasteiger partial charge in [0.15, 0.2) is 0 Å². The number of nitrogens with one attached hydrogen (secondary N) is 1. The lowest BCUT2D eigenvalue weighted by molar-refractivity contribution is 0.754. The monoisotopic (exact) mass is 280 g/mol. The van der Waals surface area contributed by atoms with E-state index in [1.807, 2.05) is 60.7 Å². The second kappa shape index (κ2) is 6.15. The smallest absolute Gasteiger partial charge is 0.248 e. The van der Waals surface area contributed by atoms with Crippen molar-refractivity contribution in [2.75, 3.05) is 11.9 Å². The summed E-state index contributed by atoms with van der Waals surface area (Å²) in [6, 6.07) is 19.7. The summed E-state index contributed by atoms with van der Waals surface area (Å²) in [5.74, 6) is 0.570. The molecule has 0 aliphatic heterocycles. The van der Waals surface area contributed by atoms with Crippen LogP contribution < -0.4 is 11.1 Å². The van der Waals surface area contributed by atoms with Crippen LogP contribution in [0.4, 0.5) is 5.95 Å². The number of hydrogen-bond donors (Lipinski definition) is 2.